The van der Waals surface area contributed by atoms with Crippen molar-refractivity contribution < 1.29 is 23.4 Å². The summed E-state index contributed by atoms with van der Waals surface area (Å²) >= 11 is 0. The zero-order valence-electron chi connectivity index (χ0n) is 11.3. The van der Waals surface area contributed by atoms with Crippen LogP contribution in [0.25, 0.3) is 0 Å². The van der Waals surface area contributed by atoms with Gasteiger partial charge in [0, 0.05) is 0 Å². The van der Waals surface area contributed by atoms with Gasteiger partial charge in [0.25, 0.3) is 0 Å². The van der Waals surface area contributed by atoms with Crippen molar-refractivity contribution in [2.24, 2.45) is 5.41 Å². The molecule has 1 fully saturated rings. The summed E-state index contributed by atoms with van der Waals surface area (Å²) < 4.78 is 32.3. The van der Waals surface area contributed by atoms with E-state index in [1.54, 1.807) is 0 Å². The molecule has 1 atom stereocenters. The molecule has 1 aliphatic rings. The van der Waals surface area contributed by atoms with Gasteiger partial charge in [-0.2, -0.15) is 8.78 Å². The molecule has 0 saturated heterocycles. The molecular formula is C13H22F2O3. The zero-order valence-corrected chi connectivity index (χ0v) is 11.3. The molecule has 1 unspecified atom stereocenters. The normalized spacial score (nSPS) is 28.6. The number of ether oxygens (including phenoxy) is 1. The van der Waals surface area contributed by atoms with Crippen molar-refractivity contribution in [1.29, 1.82) is 0 Å². The summed E-state index contributed by atoms with van der Waals surface area (Å²) in [5.74, 6) is -5.45. The van der Waals surface area contributed by atoms with Crippen LogP contribution in [-0.4, -0.2) is 29.2 Å². The van der Waals surface area contributed by atoms with Gasteiger partial charge in [0.15, 0.2) is 0 Å². The van der Waals surface area contributed by atoms with Crippen LogP contribution < -0.4 is 0 Å². The van der Waals surface area contributed by atoms with Crippen molar-refractivity contribution in [3.8, 4) is 0 Å². The number of aliphatic hydroxyl groups is 1. The molecule has 3 nitrogen and oxygen atoms in total. The van der Waals surface area contributed by atoms with Crippen molar-refractivity contribution in [3.05, 3.63) is 0 Å². The van der Waals surface area contributed by atoms with Crippen LogP contribution in [0.1, 0.15) is 52.9 Å². The molecule has 1 saturated carbocycles. The van der Waals surface area contributed by atoms with Gasteiger partial charge in [-0.3, -0.25) is 0 Å². The number of halogens is 2. The van der Waals surface area contributed by atoms with Gasteiger partial charge in [0.05, 0.1) is 6.61 Å². The van der Waals surface area contributed by atoms with E-state index in [2.05, 4.69) is 4.74 Å². The highest BCUT2D eigenvalue weighted by molar-refractivity contribution is 5.79. The third kappa shape index (κ3) is 2.99. The van der Waals surface area contributed by atoms with Crippen molar-refractivity contribution in [2.45, 2.75) is 64.4 Å². The Balaban J connectivity index is 2.88. The Hall–Kier alpha value is -0.710. The smallest absolute Gasteiger partial charge is 0.380 e. The predicted molar refractivity (Wildman–Crippen MR) is 63.4 cm³/mol. The van der Waals surface area contributed by atoms with Crippen molar-refractivity contribution >= 4 is 5.97 Å². The minimum Gasteiger partial charge on any atom is -0.461 e. The minimum atomic E-state index is -3.83. The van der Waals surface area contributed by atoms with Crippen molar-refractivity contribution in [3.63, 3.8) is 0 Å². The minimum absolute atomic E-state index is 0.0672. The SMILES string of the molecule is CCOC(=O)C(F)(F)C1(O)CCCC(C)(C)CC1. The predicted octanol–water partition coefficient (Wildman–Crippen LogP) is 2.91. The van der Waals surface area contributed by atoms with E-state index in [-0.39, 0.29) is 24.9 Å². The third-order valence-electron chi connectivity index (χ3n) is 3.78. The van der Waals surface area contributed by atoms with Crippen LogP contribution in [0.2, 0.25) is 0 Å². The maximum absolute atomic E-state index is 14.0. The molecule has 1 N–H and O–H groups in total. The second-order valence-electron chi connectivity index (χ2n) is 5.84. The first kappa shape index (κ1) is 15.3. The Kier molecular flexibility index (Phi) is 4.36. The lowest BCUT2D eigenvalue weighted by molar-refractivity contribution is -0.216. The molecule has 0 radical (unpaired) electrons. The molecule has 0 aliphatic heterocycles. The second kappa shape index (κ2) is 5.11. The highest BCUT2D eigenvalue weighted by Crippen LogP contribution is 2.45. The van der Waals surface area contributed by atoms with E-state index >= 15 is 0 Å². The van der Waals surface area contributed by atoms with Crippen LogP contribution in [0.15, 0.2) is 0 Å². The average Bonchev–Trinajstić information content (AvgIpc) is 2.39. The van der Waals surface area contributed by atoms with Crippen LogP contribution in [0.4, 0.5) is 8.78 Å². The molecule has 0 aromatic heterocycles. The van der Waals surface area contributed by atoms with Gasteiger partial charge in [-0.25, -0.2) is 4.79 Å². The van der Waals surface area contributed by atoms with E-state index in [0.29, 0.717) is 12.8 Å². The summed E-state index contributed by atoms with van der Waals surface area (Å²) in [5, 5.41) is 10.2. The van der Waals surface area contributed by atoms with E-state index < -0.39 is 17.5 Å². The Morgan fingerprint density at radius 3 is 2.44 bits per heavy atom. The van der Waals surface area contributed by atoms with Crippen LogP contribution in [0.5, 0.6) is 0 Å². The summed E-state index contributed by atoms with van der Waals surface area (Å²) in [6.07, 6.45) is 1.58. The summed E-state index contributed by atoms with van der Waals surface area (Å²) in [4.78, 5) is 11.3. The zero-order chi connectivity index (χ0) is 14.0. The summed E-state index contributed by atoms with van der Waals surface area (Å²) in [6.45, 7) is 5.33. The van der Waals surface area contributed by atoms with Gasteiger partial charge in [0.2, 0.25) is 0 Å². The standard InChI is InChI=1S/C13H22F2O3/c1-4-18-10(16)13(14,15)12(17)7-5-6-11(2,3)8-9-12/h17H,4-9H2,1-3H3. The third-order valence-corrected chi connectivity index (χ3v) is 3.78. The molecule has 1 rings (SSSR count). The molecule has 5 heteroatoms. The Labute approximate surface area is 107 Å². The highest BCUT2D eigenvalue weighted by atomic mass is 19.3. The monoisotopic (exact) mass is 264 g/mol. The first-order chi connectivity index (χ1) is 8.15. The van der Waals surface area contributed by atoms with Crippen molar-refractivity contribution in [2.75, 3.05) is 6.61 Å². The van der Waals surface area contributed by atoms with E-state index in [0.717, 1.165) is 6.42 Å². The Morgan fingerprint density at radius 2 is 1.89 bits per heavy atom. The second-order valence-corrected chi connectivity index (χ2v) is 5.84. The Bertz CT molecular complexity index is 315. The summed E-state index contributed by atoms with van der Waals surface area (Å²) in [5.41, 5.74) is -2.34. The molecule has 1 aliphatic carbocycles. The largest absolute Gasteiger partial charge is 0.461 e. The van der Waals surface area contributed by atoms with E-state index in [9.17, 15) is 18.7 Å². The number of carbonyl (C=O) groups excluding carboxylic acids is 1. The molecule has 106 valence electrons. The highest BCUT2D eigenvalue weighted by Gasteiger charge is 2.59. The van der Waals surface area contributed by atoms with Gasteiger partial charge < -0.3 is 9.84 Å². The van der Waals surface area contributed by atoms with Crippen LogP contribution in [0, 0.1) is 5.41 Å². The first-order valence-corrected chi connectivity index (χ1v) is 6.42. The van der Waals surface area contributed by atoms with Gasteiger partial charge in [-0.05, 0) is 44.4 Å². The van der Waals surface area contributed by atoms with Crippen LogP contribution >= 0.6 is 0 Å². The summed E-state index contributed by atoms with van der Waals surface area (Å²) in [6, 6.07) is 0. The van der Waals surface area contributed by atoms with E-state index in [1.807, 2.05) is 13.8 Å². The summed E-state index contributed by atoms with van der Waals surface area (Å²) in [7, 11) is 0. The quantitative estimate of drug-likeness (QED) is 0.629. The van der Waals surface area contributed by atoms with E-state index in [1.165, 1.54) is 6.92 Å². The average molecular weight is 264 g/mol. The topological polar surface area (TPSA) is 46.5 Å². The maximum atomic E-state index is 14.0. The number of hydrogen-bond acceptors (Lipinski definition) is 3. The fourth-order valence-electron chi connectivity index (χ4n) is 2.38. The van der Waals surface area contributed by atoms with Gasteiger partial charge in [-0.1, -0.05) is 13.8 Å². The molecular weight excluding hydrogens is 242 g/mol. The molecule has 0 spiro atoms. The fraction of sp³-hybridized carbons (Fsp3) is 0.923. The van der Waals surface area contributed by atoms with E-state index in [4.69, 9.17) is 0 Å². The van der Waals surface area contributed by atoms with Crippen molar-refractivity contribution in [1.82, 2.24) is 0 Å². The number of carbonyl (C=O) groups is 1. The molecule has 0 heterocycles. The number of hydrogen-bond donors (Lipinski definition) is 1. The number of alkyl halides is 2. The maximum Gasteiger partial charge on any atom is 0.380 e. The van der Waals surface area contributed by atoms with Gasteiger partial charge in [0.1, 0.15) is 5.60 Å². The van der Waals surface area contributed by atoms with Gasteiger partial charge in [-0.15, -0.1) is 0 Å². The Morgan fingerprint density at radius 1 is 1.28 bits per heavy atom. The molecule has 0 aromatic rings. The number of esters is 1. The molecule has 0 bridgehead atoms. The van der Waals surface area contributed by atoms with Gasteiger partial charge >= 0.3 is 11.9 Å². The fourth-order valence-corrected chi connectivity index (χ4v) is 2.38. The molecule has 0 aromatic carbocycles. The lowest BCUT2D eigenvalue weighted by Crippen LogP contribution is -2.53. The van der Waals surface area contributed by atoms with Crippen LogP contribution in [-0.2, 0) is 9.53 Å². The lowest BCUT2D eigenvalue weighted by Gasteiger charge is -2.33. The first-order valence-electron chi connectivity index (χ1n) is 6.42. The molecule has 18 heavy (non-hydrogen) atoms. The van der Waals surface area contributed by atoms with Crippen LogP contribution in [0.3, 0.4) is 0 Å². The lowest BCUT2D eigenvalue weighted by atomic mass is 9.83. The molecule has 0 amide bonds. The number of rotatable bonds is 3.